The highest BCUT2D eigenvalue weighted by atomic mass is 16.5. The number of hydrogen-bond acceptors (Lipinski definition) is 4. The van der Waals surface area contributed by atoms with Crippen molar-refractivity contribution in [3.8, 4) is 11.4 Å². The monoisotopic (exact) mass is 391 g/mol. The molecule has 3 rings (SSSR count). The van der Waals surface area contributed by atoms with Crippen LogP contribution in [0.25, 0.3) is 5.69 Å². The van der Waals surface area contributed by atoms with Gasteiger partial charge in [0.25, 0.3) is 0 Å². The number of Topliss-reactive ketones (excluding diaryl/α,β-unsaturated/α-hetero) is 1. The molecule has 0 aliphatic heterocycles. The summed E-state index contributed by atoms with van der Waals surface area (Å²) in [6, 6.07) is 13.2. The van der Waals surface area contributed by atoms with Crippen molar-refractivity contribution in [2.45, 2.75) is 32.7 Å². The van der Waals surface area contributed by atoms with Crippen LogP contribution in [0.4, 0.5) is 0 Å². The first-order valence-electron chi connectivity index (χ1n) is 9.53. The van der Waals surface area contributed by atoms with E-state index in [0.717, 1.165) is 16.8 Å². The number of amides is 1. The molecule has 1 N–H and O–H groups in total. The summed E-state index contributed by atoms with van der Waals surface area (Å²) in [5.41, 5.74) is 3.49. The van der Waals surface area contributed by atoms with Gasteiger partial charge >= 0.3 is 0 Å². The molecule has 0 aliphatic carbocycles. The molecule has 2 aromatic carbocycles. The Morgan fingerprint density at radius 2 is 1.90 bits per heavy atom. The lowest BCUT2D eigenvalue weighted by atomic mass is 10.0. The highest BCUT2D eigenvalue weighted by Gasteiger charge is 2.16. The third-order valence-electron chi connectivity index (χ3n) is 4.81. The average molecular weight is 391 g/mol. The van der Waals surface area contributed by atoms with Gasteiger partial charge in [0.1, 0.15) is 5.75 Å². The molecule has 0 radical (unpaired) electrons. The second-order valence-corrected chi connectivity index (χ2v) is 6.98. The summed E-state index contributed by atoms with van der Waals surface area (Å²) in [5, 5.41) is 2.96. The highest BCUT2D eigenvalue weighted by Crippen LogP contribution is 2.22. The number of carbonyl (C=O) groups excluding carboxylic acids is 2. The van der Waals surface area contributed by atoms with E-state index < -0.39 is 0 Å². The van der Waals surface area contributed by atoms with E-state index in [1.54, 1.807) is 24.7 Å². The van der Waals surface area contributed by atoms with Crippen LogP contribution in [0, 0.1) is 6.92 Å². The van der Waals surface area contributed by atoms with Crippen molar-refractivity contribution in [1.82, 2.24) is 14.9 Å². The lowest BCUT2D eigenvalue weighted by molar-refractivity contribution is -0.121. The molecular formula is C23H25N3O3. The van der Waals surface area contributed by atoms with E-state index in [0.29, 0.717) is 11.3 Å². The number of aryl methyl sites for hydroxylation is 1. The molecule has 0 bridgehead atoms. The number of ketones is 1. The van der Waals surface area contributed by atoms with E-state index in [1.807, 2.05) is 54.9 Å². The Balaban J connectivity index is 1.55. The van der Waals surface area contributed by atoms with Crippen LogP contribution in [-0.2, 0) is 4.79 Å². The molecule has 150 valence electrons. The Hall–Kier alpha value is -3.41. The minimum atomic E-state index is -0.156. The predicted molar refractivity (Wildman–Crippen MR) is 111 cm³/mol. The molecule has 6 heteroatoms. The molecule has 0 aliphatic rings. The van der Waals surface area contributed by atoms with Crippen LogP contribution in [0.2, 0.25) is 0 Å². The molecule has 6 nitrogen and oxygen atoms in total. The van der Waals surface area contributed by atoms with Crippen LogP contribution in [-0.4, -0.2) is 28.4 Å². The van der Waals surface area contributed by atoms with Gasteiger partial charge in [0.2, 0.25) is 5.91 Å². The summed E-state index contributed by atoms with van der Waals surface area (Å²) in [5.74, 6) is 0.279. The van der Waals surface area contributed by atoms with E-state index >= 15 is 0 Å². The maximum atomic E-state index is 12.5. The predicted octanol–water partition coefficient (Wildman–Crippen LogP) is 4.03. The number of ether oxygens (including phenoxy) is 1. The molecule has 0 spiro atoms. The number of carbonyl (C=O) groups is 2. The quantitative estimate of drug-likeness (QED) is 0.589. The standard InChI is InChI=1S/C23H25N3O3/c1-16-4-10-22(29-3)20(14-16)21(27)9-11-23(28)25-17(2)18-5-7-19(8-6-18)26-13-12-24-15-26/h4-8,10,12-15,17H,9,11H2,1-3H3,(H,25,28)/t17-/m1/s1. The van der Waals surface area contributed by atoms with Gasteiger partial charge in [-0.3, -0.25) is 9.59 Å². The van der Waals surface area contributed by atoms with Crippen molar-refractivity contribution in [3.63, 3.8) is 0 Å². The van der Waals surface area contributed by atoms with Gasteiger partial charge in [-0.2, -0.15) is 0 Å². The molecule has 29 heavy (non-hydrogen) atoms. The Bertz CT molecular complexity index is 979. The van der Waals surface area contributed by atoms with Crippen LogP contribution in [0.3, 0.4) is 0 Å². The van der Waals surface area contributed by atoms with E-state index in [-0.39, 0.29) is 30.6 Å². The zero-order valence-corrected chi connectivity index (χ0v) is 16.9. The van der Waals surface area contributed by atoms with Gasteiger partial charge in [0.15, 0.2) is 5.78 Å². The Morgan fingerprint density at radius 1 is 1.14 bits per heavy atom. The first kappa shape index (κ1) is 20.3. The molecule has 1 atom stereocenters. The van der Waals surface area contributed by atoms with Crippen molar-refractivity contribution in [1.29, 1.82) is 0 Å². The van der Waals surface area contributed by atoms with E-state index in [4.69, 9.17) is 4.74 Å². The van der Waals surface area contributed by atoms with Gasteiger partial charge in [-0.1, -0.05) is 23.8 Å². The topological polar surface area (TPSA) is 73.2 Å². The number of nitrogens with zero attached hydrogens (tertiary/aromatic N) is 2. The van der Waals surface area contributed by atoms with Gasteiger partial charge in [0, 0.05) is 30.9 Å². The van der Waals surface area contributed by atoms with Crippen molar-refractivity contribution in [2.24, 2.45) is 0 Å². The normalized spacial score (nSPS) is 11.7. The summed E-state index contributed by atoms with van der Waals surface area (Å²) in [4.78, 5) is 28.9. The minimum Gasteiger partial charge on any atom is -0.496 e. The molecule has 0 unspecified atom stereocenters. The molecule has 1 amide bonds. The van der Waals surface area contributed by atoms with Crippen LogP contribution in [0.1, 0.15) is 47.3 Å². The van der Waals surface area contributed by atoms with Gasteiger partial charge in [-0.15, -0.1) is 0 Å². The van der Waals surface area contributed by atoms with E-state index in [1.165, 1.54) is 7.11 Å². The molecule has 3 aromatic rings. The van der Waals surface area contributed by atoms with Crippen LogP contribution >= 0.6 is 0 Å². The van der Waals surface area contributed by atoms with Crippen molar-refractivity contribution in [2.75, 3.05) is 7.11 Å². The van der Waals surface area contributed by atoms with Crippen molar-refractivity contribution in [3.05, 3.63) is 77.9 Å². The molecule has 0 fully saturated rings. The van der Waals surface area contributed by atoms with Gasteiger partial charge in [0.05, 0.1) is 25.0 Å². The number of benzene rings is 2. The maximum absolute atomic E-state index is 12.5. The molecular weight excluding hydrogens is 366 g/mol. The molecule has 1 aromatic heterocycles. The van der Waals surface area contributed by atoms with Crippen LogP contribution < -0.4 is 10.1 Å². The van der Waals surface area contributed by atoms with Gasteiger partial charge in [-0.05, 0) is 43.7 Å². The Morgan fingerprint density at radius 3 is 2.55 bits per heavy atom. The average Bonchev–Trinajstić information content (AvgIpc) is 3.27. The fourth-order valence-corrected chi connectivity index (χ4v) is 3.15. The summed E-state index contributed by atoms with van der Waals surface area (Å²) < 4.78 is 7.17. The third-order valence-corrected chi connectivity index (χ3v) is 4.81. The third kappa shape index (κ3) is 5.10. The lowest BCUT2D eigenvalue weighted by Gasteiger charge is -2.15. The number of methoxy groups -OCH3 is 1. The smallest absolute Gasteiger partial charge is 0.220 e. The summed E-state index contributed by atoms with van der Waals surface area (Å²) >= 11 is 0. The summed E-state index contributed by atoms with van der Waals surface area (Å²) in [7, 11) is 1.54. The number of aromatic nitrogens is 2. The fourth-order valence-electron chi connectivity index (χ4n) is 3.15. The van der Waals surface area contributed by atoms with Gasteiger partial charge in [-0.25, -0.2) is 4.98 Å². The first-order valence-corrected chi connectivity index (χ1v) is 9.53. The first-order chi connectivity index (χ1) is 14.0. The largest absolute Gasteiger partial charge is 0.496 e. The van der Waals surface area contributed by atoms with Crippen LogP contribution in [0.5, 0.6) is 5.75 Å². The number of hydrogen-bond donors (Lipinski definition) is 1. The highest BCUT2D eigenvalue weighted by molar-refractivity contribution is 6.00. The second kappa shape index (κ2) is 9.19. The number of rotatable bonds is 8. The summed E-state index contributed by atoms with van der Waals surface area (Å²) in [6.45, 7) is 3.85. The molecule has 0 saturated heterocycles. The van der Waals surface area contributed by atoms with Crippen molar-refractivity contribution >= 4 is 11.7 Å². The van der Waals surface area contributed by atoms with Crippen LogP contribution in [0.15, 0.2) is 61.2 Å². The van der Waals surface area contributed by atoms with E-state index in [9.17, 15) is 9.59 Å². The van der Waals surface area contributed by atoms with Gasteiger partial charge < -0.3 is 14.6 Å². The molecule has 1 heterocycles. The molecule has 0 saturated carbocycles. The zero-order valence-electron chi connectivity index (χ0n) is 16.9. The maximum Gasteiger partial charge on any atom is 0.220 e. The number of nitrogens with one attached hydrogen (secondary N) is 1. The SMILES string of the molecule is COc1ccc(C)cc1C(=O)CCC(=O)N[C@H](C)c1ccc(-n2ccnc2)cc1. The lowest BCUT2D eigenvalue weighted by Crippen LogP contribution is -2.27. The Labute approximate surface area is 170 Å². The fraction of sp³-hybridized carbons (Fsp3) is 0.261. The number of imidazole rings is 1. The minimum absolute atomic E-state index is 0.0990. The van der Waals surface area contributed by atoms with E-state index in [2.05, 4.69) is 10.3 Å². The second-order valence-electron chi connectivity index (χ2n) is 6.98. The van der Waals surface area contributed by atoms with Crippen molar-refractivity contribution < 1.29 is 14.3 Å². The summed E-state index contributed by atoms with van der Waals surface area (Å²) in [6.07, 6.45) is 5.61. The Kier molecular flexibility index (Phi) is 6.44. The zero-order chi connectivity index (χ0) is 20.8.